The quantitative estimate of drug-likeness (QED) is 0.624. The van der Waals surface area contributed by atoms with Gasteiger partial charge in [-0.05, 0) is 31.0 Å². The van der Waals surface area contributed by atoms with E-state index in [1.807, 2.05) is 29.2 Å². The molecule has 5 rings (SSSR count). The number of fused-ring (bicyclic) bond motifs is 1. The van der Waals surface area contributed by atoms with E-state index in [-0.39, 0.29) is 24.3 Å². The highest BCUT2D eigenvalue weighted by Gasteiger charge is 2.28. The lowest BCUT2D eigenvalue weighted by atomic mass is 10.2. The molecule has 0 bridgehead atoms. The average Bonchev–Trinajstić information content (AvgIpc) is 3.60. The smallest absolute Gasteiger partial charge is 0.289 e. The first-order valence-electron chi connectivity index (χ1n) is 11.0. The van der Waals surface area contributed by atoms with Crippen molar-refractivity contribution in [3.8, 4) is 0 Å². The van der Waals surface area contributed by atoms with Crippen LogP contribution in [0, 0.1) is 0 Å². The van der Waals surface area contributed by atoms with E-state index in [0.29, 0.717) is 37.6 Å². The van der Waals surface area contributed by atoms with Crippen molar-refractivity contribution in [3.63, 3.8) is 0 Å². The topological polar surface area (TPSA) is 91.9 Å². The molecule has 3 amide bonds. The molecule has 2 aliphatic heterocycles. The van der Waals surface area contributed by atoms with E-state index in [2.05, 4.69) is 5.10 Å². The number of para-hydroxylation sites is 1. The van der Waals surface area contributed by atoms with Crippen LogP contribution in [0.2, 0.25) is 0 Å². The van der Waals surface area contributed by atoms with Crippen molar-refractivity contribution >= 4 is 28.6 Å². The van der Waals surface area contributed by atoms with Crippen LogP contribution in [0.1, 0.15) is 33.9 Å². The standard InChI is InChI=1S/C23H25N5O4/c29-20(25-11-13-27(14-12-25)22(30)19-8-5-15-32-19)16-28-18-7-2-1-6-17(18)21(24-28)23(31)26-9-3-4-10-26/h1-2,5-8,15H,3-4,9-14,16H2. The number of rotatable bonds is 4. The SMILES string of the molecule is O=C(Cn1nc(C(=O)N2CCCC2)c2ccccc21)N1CCN(C(=O)c2ccco2)CC1. The number of benzene rings is 1. The molecule has 0 unspecified atom stereocenters. The minimum absolute atomic E-state index is 0.0555. The molecule has 2 fully saturated rings. The molecule has 0 aliphatic carbocycles. The fourth-order valence-corrected chi connectivity index (χ4v) is 4.42. The van der Waals surface area contributed by atoms with E-state index in [1.54, 1.807) is 26.6 Å². The fourth-order valence-electron chi connectivity index (χ4n) is 4.42. The zero-order chi connectivity index (χ0) is 22.1. The molecule has 166 valence electrons. The zero-order valence-corrected chi connectivity index (χ0v) is 17.8. The summed E-state index contributed by atoms with van der Waals surface area (Å²) in [7, 11) is 0. The lowest BCUT2D eigenvalue weighted by Crippen LogP contribution is -2.51. The first kappa shape index (κ1) is 20.3. The summed E-state index contributed by atoms with van der Waals surface area (Å²) in [5.41, 5.74) is 1.18. The highest BCUT2D eigenvalue weighted by atomic mass is 16.3. The first-order valence-corrected chi connectivity index (χ1v) is 11.0. The molecular formula is C23H25N5O4. The molecule has 32 heavy (non-hydrogen) atoms. The normalized spacial score (nSPS) is 16.7. The molecule has 0 atom stereocenters. The van der Waals surface area contributed by atoms with Crippen LogP contribution in [-0.2, 0) is 11.3 Å². The molecule has 0 radical (unpaired) electrons. The largest absolute Gasteiger partial charge is 0.459 e. The van der Waals surface area contributed by atoms with Gasteiger partial charge in [-0.15, -0.1) is 0 Å². The van der Waals surface area contributed by atoms with Gasteiger partial charge in [0.15, 0.2) is 11.5 Å². The van der Waals surface area contributed by atoms with Gasteiger partial charge in [0, 0.05) is 44.7 Å². The molecule has 2 aromatic heterocycles. The zero-order valence-electron chi connectivity index (χ0n) is 17.8. The maximum atomic E-state index is 13.0. The second kappa shape index (κ2) is 8.49. The molecule has 0 saturated carbocycles. The van der Waals surface area contributed by atoms with Gasteiger partial charge < -0.3 is 19.1 Å². The molecular weight excluding hydrogens is 410 g/mol. The number of likely N-dealkylation sites (tertiary alicyclic amines) is 1. The maximum absolute atomic E-state index is 13.0. The van der Waals surface area contributed by atoms with Crippen LogP contribution >= 0.6 is 0 Å². The summed E-state index contributed by atoms with van der Waals surface area (Å²) in [5.74, 6) is -0.00769. The fraction of sp³-hybridized carbons (Fsp3) is 0.391. The molecule has 9 heteroatoms. The van der Waals surface area contributed by atoms with Crippen LogP contribution < -0.4 is 0 Å². The molecule has 0 N–H and O–H groups in total. The summed E-state index contributed by atoms with van der Waals surface area (Å²) in [6.45, 7) is 3.35. The number of carbonyl (C=O) groups is 3. The van der Waals surface area contributed by atoms with Crippen LogP contribution in [0.25, 0.3) is 10.9 Å². The van der Waals surface area contributed by atoms with Gasteiger partial charge >= 0.3 is 0 Å². The first-order chi connectivity index (χ1) is 15.6. The average molecular weight is 435 g/mol. The summed E-state index contributed by atoms with van der Waals surface area (Å²) in [4.78, 5) is 43.7. The Bertz CT molecular complexity index is 1140. The van der Waals surface area contributed by atoms with Crippen LogP contribution in [0.5, 0.6) is 0 Å². The molecule has 0 spiro atoms. The molecule has 1 aromatic carbocycles. The Hall–Kier alpha value is -3.62. The van der Waals surface area contributed by atoms with Crippen molar-refractivity contribution in [3.05, 3.63) is 54.1 Å². The van der Waals surface area contributed by atoms with E-state index in [9.17, 15) is 14.4 Å². The Balaban J connectivity index is 1.28. The number of piperazine rings is 1. The highest BCUT2D eigenvalue weighted by molar-refractivity contribution is 6.05. The Kier molecular flexibility index (Phi) is 5.38. The van der Waals surface area contributed by atoms with Gasteiger partial charge in [0.1, 0.15) is 6.54 Å². The summed E-state index contributed by atoms with van der Waals surface area (Å²) < 4.78 is 6.81. The number of hydrogen-bond acceptors (Lipinski definition) is 5. The van der Waals surface area contributed by atoms with E-state index in [0.717, 1.165) is 36.8 Å². The number of hydrogen-bond donors (Lipinski definition) is 0. The van der Waals surface area contributed by atoms with Crippen molar-refractivity contribution in [2.75, 3.05) is 39.3 Å². The van der Waals surface area contributed by atoms with Crippen molar-refractivity contribution in [2.24, 2.45) is 0 Å². The summed E-state index contributed by atoms with van der Waals surface area (Å²) in [5, 5.41) is 5.32. The summed E-state index contributed by atoms with van der Waals surface area (Å²) >= 11 is 0. The van der Waals surface area contributed by atoms with Crippen molar-refractivity contribution in [2.45, 2.75) is 19.4 Å². The third-order valence-electron chi connectivity index (χ3n) is 6.19. The number of amides is 3. The monoisotopic (exact) mass is 435 g/mol. The van der Waals surface area contributed by atoms with E-state index < -0.39 is 0 Å². The Labute approximate surface area is 185 Å². The van der Waals surface area contributed by atoms with Gasteiger partial charge in [0.05, 0.1) is 11.8 Å². The molecule has 9 nitrogen and oxygen atoms in total. The van der Waals surface area contributed by atoms with Crippen molar-refractivity contribution < 1.29 is 18.8 Å². The lowest BCUT2D eigenvalue weighted by molar-refractivity contribution is -0.133. The van der Waals surface area contributed by atoms with Gasteiger partial charge in [-0.25, -0.2) is 0 Å². The second-order valence-corrected chi connectivity index (χ2v) is 8.17. The minimum Gasteiger partial charge on any atom is -0.459 e. The third-order valence-corrected chi connectivity index (χ3v) is 6.19. The predicted molar refractivity (Wildman–Crippen MR) is 116 cm³/mol. The maximum Gasteiger partial charge on any atom is 0.289 e. The number of furan rings is 1. The van der Waals surface area contributed by atoms with Gasteiger partial charge in [0.2, 0.25) is 5.91 Å². The van der Waals surface area contributed by atoms with Gasteiger partial charge in [-0.3, -0.25) is 19.1 Å². The van der Waals surface area contributed by atoms with Crippen LogP contribution in [0.4, 0.5) is 0 Å². The van der Waals surface area contributed by atoms with Crippen LogP contribution in [-0.4, -0.2) is 81.5 Å². The van der Waals surface area contributed by atoms with Crippen molar-refractivity contribution in [1.82, 2.24) is 24.5 Å². The number of nitrogens with zero attached hydrogens (tertiary/aromatic N) is 5. The third kappa shape index (κ3) is 3.74. The van der Waals surface area contributed by atoms with E-state index >= 15 is 0 Å². The Morgan fingerprint density at radius 3 is 2.22 bits per heavy atom. The van der Waals surface area contributed by atoms with Crippen molar-refractivity contribution in [1.29, 1.82) is 0 Å². The lowest BCUT2D eigenvalue weighted by Gasteiger charge is -2.34. The second-order valence-electron chi connectivity index (χ2n) is 8.17. The predicted octanol–water partition coefficient (Wildman–Crippen LogP) is 1.85. The van der Waals surface area contributed by atoms with Gasteiger partial charge in [-0.1, -0.05) is 18.2 Å². The van der Waals surface area contributed by atoms with Gasteiger partial charge in [0.25, 0.3) is 11.8 Å². The summed E-state index contributed by atoms with van der Waals surface area (Å²) in [6, 6.07) is 10.9. The van der Waals surface area contributed by atoms with Gasteiger partial charge in [-0.2, -0.15) is 5.10 Å². The minimum atomic E-state index is -0.162. The molecule has 2 aliphatic rings. The molecule has 2 saturated heterocycles. The Morgan fingerprint density at radius 1 is 0.812 bits per heavy atom. The van der Waals surface area contributed by atoms with E-state index in [4.69, 9.17) is 4.42 Å². The Morgan fingerprint density at radius 2 is 1.50 bits per heavy atom. The molecule has 4 heterocycles. The van der Waals surface area contributed by atoms with Crippen LogP contribution in [0.3, 0.4) is 0 Å². The van der Waals surface area contributed by atoms with Crippen LogP contribution in [0.15, 0.2) is 47.1 Å². The number of carbonyl (C=O) groups excluding carboxylic acids is 3. The summed E-state index contributed by atoms with van der Waals surface area (Å²) in [6.07, 6.45) is 3.50. The van der Waals surface area contributed by atoms with E-state index in [1.165, 1.54) is 6.26 Å². The molecule has 3 aromatic rings. The highest BCUT2D eigenvalue weighted by Crippen LogP contribution is 2.22. The number of aromatic nitrogens is 2.